The van der Waals surface area contributed by atoms with Gasteiger partial charge in [-0.2, -0.15) is 10.5 Å². The van der Waals surface area contributed by atoms with Gasteiger partial charge in [0.2, 0.25) is 0 Å². The summed E-state index contributed by atoms with van der Waals surface area (Å²) in [7, 11) is 0. The molecule has 0 saturated carbocycles. The minimum absolute atomic E-state index is 0.152. The van der Waals surface area contributed by atoms with Crippen molar-refractivity contribution in [3.05, 3.63) is 185 Å². The Morgan fingerprint density at radius 1 is 0.412 bits per heavy atom. The van der Waals surface area contributed by atoms with Crippen LogP contribution in [0.4, 0.5) is 0 Å². The summed E-state index contributed by atoms with van der Waals surface area (Å²) in [5.74, 6) is 0. The predicted octanol–water partition coefficient (Wildman–Crippen LogP) is 12.5. The fourth-order valence-electron chi connectivity index (χ4n) is 9.00. The highest BCUT2D eigenvalue weighted by molar-refractivity contribution is 7.31. The molecule has 51 heavy (non-hydrogen) atoms. The molecule has 8 aromatic rings. The van der Waals surface area contributed by atoms with E-state index in [1.807, 2.05) is 29.5 Å². The lowest BCUT2D eigenvalue weighted by Crippen LogP contribution is -2.25. The Bertz CT molecular complexity index is 2860. The highest BCUT2D eigenvalue weighted by Crippen LogP contribution is 2.63. The Balaban J connectivity index is 1.01. The lowest BCUT2D eigenvalue weighted by molar-refractivity contribution is 0.794. The lowest BCUT2D eigenvalue weighted by atomic mass is 9.70. The highest BCUT2D eigenvalue weighted by Gasteiger charge is 2.51. The fraction of sp³-hybridized carbons (Fsp3) is 0.0213. The molecule has 0 saturated heterocycles. The average molecular weight is 681 g/mol. The largest absolute Gasteiger partial charge is 0.192 e. The van der Waals surface area contributed by atoms with Gasteiger partial charge >= 0.3 is 0 Å². The first kappa shape index (κ1) is 28.5. The van der Waals surface area contributed by atoms with Crippen LogP contribution < -0.4 is 0 Å². The van der Waals surface area contributed by atoms with Crippen molar-refractivity contribution >= 4 is 37.6 Å². The number of fused-ring (bicyclic) bond motifs is 14. The first-order valence-electron chi connectivity index (χ1n) is 17.0. The van der Waals surface area contributed by atoms with E-state index in [-0.39, 0.29) is 11.0 Å². The third-order valence-corrected chi connectivity index (χ3v) is 13.4. The Labute approximate surface area is 303 Å². The second-order valence-electron chi connectivity index (χ2n) is 13.4. The molecule has 0 atom stereocenters. The smallest absolute Gasteiger partial charge is 0.138 e. The quantitative estimate of drug-likeness (QED) is 0.171. The van der Waals surface area contributed by atoms with Gasteiger partial charge in [0.25, 0.3) is 0 Å². The molecular formula is C47H24N2S2. The maximum atomic E-state index is 9.82. The standard InChI is InChI=1S/C47H24N2S2/c48-25-29(26-49)46-35-13-2-1-9-30(35)31-19-17-27(22-37(31)46)42-23-44-45(50-42)24-43(51-44)28-18-20-41-36(21-28)34-12-5-8-16-40(34)47(41)38-14-6-3-10-32(38)33-11-4-7-15-39(33)47/h1-24H. The molecule has 11 rings (SSSR count). The first-order chi connectivity index (χ1) is 25.2. The molecule has 0 unspecified atom stereocenters. The molecule has 4 heteroatoms. The van der Waals surface area contributed by atoms with Crippen molar-refractivity contribution in [2.75, 3.05) is 0 Å². The molecule has 2 heterocycles. The van der Waals surface area contributed by atoms with E-state index in [0.29, 0.717) is 0 Å². The summed E-state index contributed by atoms with van der Waals surface area (Å²) in [4.78, 5) is 2.44. The molecule has 6 aromatic carbocycles. The second-order valence-corrected chi connectivity index (χ2v) is 15.5. The van der Waals surface area contributed by atoms with Crippen molar-refractivity contribution in [3.63, 3.8) is 0 Å². The Morgan fingerprint density at radius 2 is 0.843 bits per heavy atom. The molecule has 0 N–H and O–H groups in total. The zero-order valence-electron chi connectivity index (χ0n) is 27.1. The summed E-state index contributed by atoms with van der Waals surface area (Å²) in [6, 6.07) is 57.4. The molecule has 0 aliphatic heterocycles. The molecular weight excluding hydrogens is 657 g/mol. The van der Waals surface area contributed by atoms with E-state index in [1.165, 1.54) is 69.2 Å². The number of benzene rings is 6. The van der Waals surface area contributed by atoms with Crippen LogP contribution in [0.5, 0.6) is 0 Å². The maximum absolute atomic E-state index is 9.82. The number of hydrogen-bond acceptors (Lipinski definition) is 4. The van der Waals surface area contributed by atoms with E-state index in [2.05, 4.69) is 140 Å². The number of nitriles is 2. The topological polar surface area (TPSA) is 47.6 Å². The highest BCUT2D eigenvalue weighted by atomic mass is 32.1. The maximum Gasteiger partial charge on any atom is 0.138 e. The van der Waals surface area contributed by atoms with Crippen LogP contribution >= 0.6 is 22.7 Å². The number of allylic oxidation sites excluding steroid dienone is 1. The molecule has 0 amide bonds. The van der Waals surface area contributed by atoms with Gasteiger partial charge in [-0.1, -0.05) is 121 Å². The average Bonchev–Trinajstić information content (AvgIpc) is 3.98. The van der Waals surface area contributed by atoms with Gasteiger partial charge in [0.05, 0.1) is 5.41 Å². The molecule has 1 spiro atoms. The Kier molecular flexibility index (Phi) is 5.80. The van der Waals surface area contributed by atoms with Gasteiger partial charge in [-0.25, -0.2) is 0 Å². The number of rotatable bonds is 2. The third-order valence-electron chi connectivity index (χ3n) is 11.0. The van der Waals surface area contributed by atoms with Crippen LogP contribution in [0.2, 0.25) is 0 Å². The van der Waals surface area contributed by atoms with Crippen LogP contribution in [-0.4, -0.2) is 0 Å². The summed E-state index contributed by atoms with van der Waals surface area (Å²) >= 11 is 3.63. The van der Waals surface area contributed by atoms with E-state index in [1.54, 1.807) is 11.3 Å². The molecule has 2 nitrogen and oxygen atoms in total. The van der Waals surface area contributed by atoms with Crippen LogP contribution in [0.15, 0.2) is 151 Å². The van der Waals surface area contributed by atoms with E-state index in [9.17, 15) is 10.5 Å². The molecule has 0 fully saturated rings. The normalized spacial score (nSPS) is 13.6. The molecule has 3 aliphatic carbocycles. The molecule has 3 aliphatic rings. The van der Waals surface area contributed by atoms with Crippen LogP contribution in [0.3, 0.4) is 0 Å². The van der Waals surface area contributed by atoms with Gasteiger partial charge < -0.3 is 0 Å². The molecule has 0 radical (unpaired) electrons. The van der Waals surface area contributed by atoms with Crippen molar-refractivity contribution in [2.24, 2.45) is 0 Å². The third kappa shape index (κ3) is 3.68. The van der Waals surface area contributed by atoms with E-state index in [4.69, 9.17) is 0 Å². The minimum Gasteiger partial charge on any atom is -0.192 e. The molecule has 234 valence electrons. The first-order valence-corrected chi connectivity index (χ1v) is 18.6. The van der Waals surface area contributed by atoms with Crippen molar-refractivity contribution < 1.29 is 0 Å². The lowest BCUT2D eigenvalue weighted by Gasteiger charge is -2.30. The van der Waals surface area contributed by atoms with Crippen molar-refractivity contribution in [2.45, 2.75) is 5.41 Å². The van der Waals surface area contributed by atoms with Gasteiger partial charge in [-0.05, 0) is 102 Å². The summed E-state index contributed by atoms with van der Waals surface area (Å²) in [6.45, 7) is 0. The van der Waals surface area contributed by atoms with Gasteiger partial charge in [0.1, 0.15) is 17.7 Å². The van der Waals surface area contributed by atoms with E-state index >= 15 is 0 Å². The van der Waals surface area contributed by atoms with Crippen LogP contribution in [0.25, 0.3) is 69.2 Å². The monoisotopic (exact) mass is 680 g/mol. The van der Waals surface area contributed by atoms with Crippen LogP contribution in [0.1, 0.15) is 33.4 Å². The van der Waals surface area contributed by atoms with Crippen molar-refractivity contribution in [1.29, 1.82) is 10.5 Å². The van der Waals surface area contributed by atoms with Gasteiger partial charge in [-0.15, -0.1) is 22.7 Å². The molecule has 0 bridgehead atoms. The van der Waals surface area contributed by atoms with Gasteiger partial charge in [-0.3, -0.25) is 0 Å². The van der Waals surface area contributed by atoms with E-state index in [0.717, 1.165) is 33.4 Å². The summed E-state index contributed by atoms with van der Waals surface area (Å²) in [5.41, 5.74) is 17.6. The summed E-state index contributed by atoms with van der Waals surface area (Å²) in [6.07, 6.45) is 0. The van der Waals surface area contributed by atoms with Gasteiger partial charge in [0, 0.05) is 24.7 Å². The molecule has 2 aromatic heterocycles. The Hall–Kier alpha value is -6.30. The number of thiophene rings is 2. The van der Waals surface area contributed by atoms with Crippen molar-refractivity contribution in [3.8, 4) is 66.4 Å². The summed E-state index contributed by atoms with van der Waals surface area (Å²) < 4.78 is 2.52. The fourth-order valence-corrected chi connectivity index (χ4v) is 11.4. The number of hydrogen-bond donors (Lipinski definition) is 0. The Morgan fingerprint density at radius 3 is 1.41 bits per heavy atom. The van der Waals surface area contributed by atoms with Crippen LogP contribution in [0, 0.1) is 22.7 Å². The second kappa shape index (κ2) is 10.4. The zero-order chi connectivity index (χ0) is 33.8. The van der Waals surface area contributed by atoms with Crippen LogP contribution in [-0.2, 0) is 5.41 Å². The summed E-state index contributed by atoms with van der Waals surface area (Å²) in [5, 5.41) is 19.6. The van der Waals surface area contributed by atoms with Gasteiger partial charge in [0.15, 0.2) is 0 Å². The van der Waals surface area contributed by atoms with E-state index < -0.39 is 0 Å². The van der Waals surface area contributed by atoms with Crippen molar-refractivity contribution in [1.82, 2.24) is 0 Å². The zero-order valence-corrected chi connectivity index (χ0v) is 28.7. The number of nitrogens with zero attached hydrogens (tertiary/aromatic N) is 2. The SMILES string of the molecule is N#CC(C#N)=C1c2ccccc2-c2ccc(-c3cc4sc(-c5ccc6c(c5)-c5ccccc5C65c6ccccc6-c6ccccc65)cc4s3)cc21. The minimum atomic E-state index is -0.324. The predicted molar refractivity (Wildman–Crippen MR) is 210 cm³/mol.